The van der Waals surface area contributed by atoms with E-state index in [1.165, 1.54) is 0 Å². The van der Waals surface area contributed by atoms with Crippen LogP contribution in [0.3, 0.4) is 0 Å². The third-order valence-electron chi connectivity index (χ3n) is 11.3. The number of aromatic nitrogens is 3. The zero-order chi connectivity index (χ0) is 38.9. The Morgan fingerprint density at radius 1 is 0.339 bits per heavy atom. The Balaban J connectivity index is 1.18. The van der Waals surface area contributed by atoms with Crippen molar-refractivity contribution in [3.8, 4) is 34.2 Å². The fourth-order valence-electron chi connectivity index (χ4n) is 8.59. The van der Waals surface area contributed by atoms with Crippen LogP contribution in [0.4, 0.5) is 17.1 Å². The van der Waals surface area contributed by atoms with Gasteiger partial charge in [-0.1, -0.05) is 140 Å². The van der Waals surface area contributed by atoms with E-state index in [1.54, 1.807) is 0 Å². The van der Waals surface area contributed by atoms with Crippen LogP contribution < -0.4 is 4.90 Å². The summed E-state index contributed by atoms with van der Waals surface area (Å²) in [6.07, 6.45) is 0. The first-order chi connectivity index (χ1) is 29.2. The number of nitrogens with zero attached hydrogens (tertiary/aromatic N) is 4. The Labute approximate surface area is 338 Å². The molecule has 0 aliphatic carbocycles. The molecular weight excluding hydrogens is 725 g/mol. The van der Waals surface area contributed by atoms with E-state index in [-0.39, 0.29) is 0 Å². The summed E-state index contributed by atoms with van der Waals surface area (Å²) in [6, 6.07) is 66.8. The van der Waals surface area contributed by atoms with Gasteiger partial charge in [-0.05, 0) is 64.7 Å². The standard InChI is InChI=1S/C53H32N4O2/c1-2-18-37(19-3-1)57(44-24-12-17-34-15-6-7-20-39(34)44)38-31-43(50-41-22-9-11-26-46(41)59-48(50)32-38)53-55-51(36-29-28-33-14-4-5-16-35(33)30-36)54-52(56-53)42-23-13-27-47-49(42)40-21-8-10-25-45(40)58-47/h1-32H. The molecule has 6 nitrogen and oxygen atoms in total. The average Bonchev–Trinajstić information content (AvgIpc) is 3.88. The maximum Gasteiger partial charge on any atom is 0.164 e. The quantitative estimate of drug-likeness (QED) is 0.168. The van der Waals surface area contributed by atoms with Crippen molar-refractivity contribution >= 4 is 82.5 Å². The lowest BCUT2D eigenvalue weighted by Gasteiger charge is -2.27. The van der Waals surface area contributed by atoms with Gasteiger partial charge in [-0.3, -0.25) is 0 Å². The van der Waals surface area contributed by atoms with Gasteiger partial charge in [0, 0.05) is 55.4 Å². The van der Waals surface area contributed by atoms with Crippen LogP contribution in [0.2, 0.25) is 0 Å². The Bertz CT molecular complexity index is 3580. The van der Waals surface area contributed by atoms with Crippen LogP contribution in [0.5, 0.6) is 0 Å². The summed E-state index contributed by atoms with van der Waals surface area (Å²) >= 11 is 0. The Kier molecular flexibility index (Phi) is 7.43. The molecule has 0 saturated carbocycles. The number of fused-ring (bicyclic) bond motifs is 8. The summed E-state index contributed by atoms with van der Waals surface area (Å²) in [5, 5.41) is 8.42. The molecule has 0 aliphatic heterocycles. The van der Waals surface area contributed by atoms with Gasteiger partial charge in [-0.25, -0.2) is 15.0 Å². The van der Waals surface area contributed by atoms with Crippen LogP contribution in [0, 0.1) is 0 Å². The van der Waals surface area contributed by atoms with Gasteiger partial charge < -0.3 is 13.7 Å². The molecule has 0 spiro atoms. The molecule has 12 rings (SSSR count). The molecule has 3 aromatic heterocycles. The molecule has 0 fully saturated rings. The van der Waals surface area contributed by atoms with Crippen molar-refractivity contribution in [2.24, 2.45) is 0 Å². The second-order valence-electron chi connectivity index (χ2n) is 14.8. The third kappa shape index (κ3) is 5.46. The van der Waals surface area contributed by atoms with Gasteiger partial charge in [-0.15, -0.1) is 0 Å². The van der Waals surface area contributed by atoms with Crippen molar-refractivity contribution in [1.29, 1.82) is 0 Å². The zero-order valence-electron chi connectivity index (χ0n) is 31.6. The number of anilines is 3. The Morgan fingerprint density at radius 2 is 0.915 bits per heavy atom. The van der Waals surface area contributed by atoms with Crippen LogP contribution in [-0.4, -0.2) is 15.0 Å². The molecule has 0 amide bonds. The van der Waals surface area contributed by atoms with Crippen molar-refractivity contribution in [3.05, 3.63) is 194 Å². The molecule has 0 radical (unpaired) electrons. The first-order valence-corrected chi connectivity index (χ1v) is 19.7. The highest BCUT2D eigenvalue weighted by Gasteiger charge is 2.24. The summed E-state index contributed by atoms with van der Waals surface area (Å²) in [5.74, 6) is 1.66. The van der Waals surface area contributed by atoms with Gasteiger partial charge in [-0.2, -0.15) is 0 Å². The smallest absolute Gasteiger partial charge is 0.164 e. The highest BCUT2D eigenvalue weighted by atomic mass is 16.3. The van der Waals surface area contributed by atoms with Gasteiger partial charge in [0.1, 0.15) is 22.3 Å². The van der Waals surface area contributed by atoms with Crippen molar-refractivity contribution in [2.75, 3.05) is 4.90 Å². The topological polar surface area (TPSA) is 68.2 Å². The molecule has 59 heavy (non-hydrogen) atoms. The SMILES string of the molecule is c1ccc(N(c2cc(-c3nc(-c4ccc5ccccc5c4)nc(-c4cccc5oc6ccccc6c45)n3)c3c(c2)oc2ccccc23)c2cccc3ccccc23)cc1. The largest absolute Gasteiger partial charge is 0.456 e. The van der Waals surface area contributed by atoms with Gasteiger partial charge in [0.05, 0.1) is 11.4 Å². The molecule has 0 unspecified atom stereocenters. The summed E-state index contributed by atoms with van der Waals surface area (Å²) in [4.78, 5) is 18.3. The monoisotopic (exact) mass is 756 g/mol. The van der Waals surface area contributed by atoms with E-state index in [0.29, 0.717) is 17.5 Å². The first kappa shape index (κ1) is 33.1. The normalized spacial score (nSPS) is 11.7. The number of rotatable bonds is 6. The van der Waals surface area contributed by atoms with Crippen molar-refractivity contribution in [1.82, 2.24) is 15.0 Å². The third-order valence-corrected chi connectivity index (χ3v) is 11.3. The number of furan rings is 2. The minimum Gasteiger partial charge on any atom is -0.456 e. The molecule has 3 heterocycles. The predicted molar refractivity (Wildman–Crippen MR) is 240 cm³/mol. The number of para-hydroxylation sites is 3. The molecule has 9 aromatic carbocycles. The lowest BCUT2D eigenvalue weighted by atomic mass is 10.0. The number of benzene rings is 9. The van der Waals surface area contributed by atoms with Crippen molar-refractivity contribution in [2.45, 2.75) is 0 Å². The molecule has 0 bridgehead atoms. The predicted octanol–water partition coefficient (Wildman–Crippen LogP) is 14.4. The van der Waals surface area contributed by atoms with E-state index in [4.69, 9.17) is 23.8 Å². The van der Waals surface area contributed by atoms with Crippen molar-refractivity contribution in [3.63, 3.8) is 0 Å². The van der Waals surface area contributed by atoms with E-state index in [0.717, 1.165) is 99.2 Å². The van der Waals surface area contributed by atoms with Gasteiger partial charge in [0.15, 0.2) is 17.5 Å². The van der Waals surface area contributed by atoms with Crippen LogP contribution in [-0.2, 0) is 0 Å². The van der Waals surface area contributed by atoms with E-state index >= 15 is 0 Å². The second kappa shape index (κ2) is 13.3. The highest BCUT2D eigenvalue weighted by molar-refractivity contribution is 6.15. The zero-order valence-corrected chi connectivity index (χ0v) is 31.6. The van der Waals surface area contributed by atoms with E-state index in [2.05, 4.69) is 144 Å². The summed E-state index contributed by atoms with van der Waals surface area (Å²) < 4.78 is 13.1. The van der Waals surface area contributed by atoms with Gasteiger partial charge in [0.2, 0.25) is 0 Å². The Morgan fingerprint density at radius 3 is 1.71 bits per heavy atom. The van der Waals surface area contributed by atoms with Crippen LogP contribution in [0.25, 0.3) is 99.6 Å². The highest BCUT2D eigenvalue weighted by Crippen LogP contribution is 2.45. The molecule has 0 N–H and O–H groups in total. The number of hydrogen-bond acceptors (Lipinski definition) is 6. The lowest BCUT2D eigenvalue weighted by Crippen LogP contribution is -2.11. The van der Waals surface area contributed by atoms with Crippen LogP contribution >= 0.6 is 0 Å². The molecular formula is C53H32N4O2. The molecule has 12 aromatic rings. The minimum absolute atomic E-state index is 0.535. The van der Waals surface area contributed by atoms with Crippen molar-refractivity contribution < 1.29 is 8.83 Å². The lowest BCUT2D eigenvalue weighted by molar-refractivity contribution is 0.668. The first-order valence-electron chi connectivity index (χ1n) is 19.7. The molecule has 6 heteroatoms. The molecule has 0 aliphatic rings. The van der Waals surface area contributed by atoms with Crippen LogP contribution in [0.15, 0.2) is 203 Å². The minimum atomic E-state index is 0.535. The average molecular weight is 757 g/mol. The maximum atomic E-state index is 6.73. The summed E-state index contributed by atoms with van der Waals surface area (Å²) in [7, 11) is 0. The molecule has 0 saturated heterocycles. The van der Waals surface area contributed by atoms with Crippen LogP contribution in [0.1, 0.15) is 0 Å². The summed E-state index contributed by atoms with van der Waals surface area (Å²) in [6.45, 7) is 0. The van der Waals surface area contributed by atoms with Gasteiger partial charge in [0.25, 0.3) is 0 Å². The fraction of sp³-hybridized carbons (Fsp3) is 0. The second-order valence-corrected chi connectivity index (χ2v) is 14.8. The number of hydrogen-bond donors (Lipinski definition) is 0. The van der Waals surface area contributed by atoms with E-state index in [1.807, 2.05) is 54.6 Å². The fourth-order valence-corrected chi connectivity index (χ4v) is 8.59. The Hall–Kier alpha value is -8.09. The van der Waals surface area contributed by atoms with E-state index < -0.39 is 0 Å². The van der Waals surface area contributed by atoms with E-state index in [9.17, 15) is 0 Å². The summed E-state index contributed by atoms with van der Waals surface area (Å²) in [5.41, 5.74) is 8.66. The molecule has 0 atom stereocenters. The maximum absolute atomic E-state index is 6.73. The van der Waals surface area contributed by atoms with Gasteiger partial charge >= 0.3 is 0 Å². The molecule has 276 valence electrons.